The van der Waals surface area contributed by atoms with Crippen molar-refractivity contribution in [3.05, 3.63) is 54.1 Å². The van der Waals surface area contributed by atoms with E-state index in [1.54, 1.807) is 60.5 Å². The molecular weight excluding hydrogens is 396 g/mol. The molecule has 8 nitrogen and oxygen atoms in total. The van der Waals surface area contributed by atoms with Gasteiger partial charge in [0, 0.05) is 30.0 Å². The highest BCUT2D eigenvalue weighted by atomic mass is 16.5. The Kier molecular flexibility index (Phi) is 9.02. The van der Waals surface area contributed by atoms with Crippen molar-refractivity contribution in [1.29, 1.82) is 0 Å². The van der Waals surface area contributed by atoms with Crippen molar-refractivity contribution in [3.63, 3.8) is 0 Å². The zero-order valence-electron chi connectivity index (χ0n) is 18.5. The van der Waals surface area contributed by atoms with E-state index in [2.05, 4.69) is 10.6 Å². The number of benzene rings is 2. The van der Waals surface area contributed by atoms with E-state index < -0.39 is 0 Å². The molecule has 0 spiro atoms. The third-order valence-corrected chi connectivity index (χ3v) is 4.81. The molecule has 3 N–H and O–H groups in total. The number of hydrogen-bond acceptors (Lipinski definition) is 4. The van der Waals surface area contributed by atoms with E-state index in [9.17, 15) is 14.4 Å². The van der Waals surface area contributed by atoms with Crippen LogP contribution in [0.2, 0.25) is 0 Å². The van der Waals surface area contributed by atoms with Gasteiger partial charge in [-0.2, -0.15) is 0 Å². The largest absolute Gasteiger partial charge is 0.497 e. The van der Waals surface area contributed by atoms with E-state index in [1.165, 1.54) is 0 Å². The molecule has 0 fully saturated rings. The fourth-order valence-electron chi connectivity index (χ4n) is 3.07. The maximum atomic E-state index is 12.4. The highest BCUT2D eigenvalue weighted by Crippen LogP contribution is 2.16. The van der Waals surface area contributed by atoms with E-state index in [0.717, 1.165) is 4.90 Å². The number of nitrogens with zero attached hydrogens (tertiary/aromatic N) is 1. The first-order chi connectivity index (χ1) is 14.9. The molecule has 2 aromatic carbocycles. The minimum atomic E-state index is -0.248. The second kappa shape index (κ2) is 11.7. The van der Waals surface area contributed by atoms with E-state index in [0.29, 0.717) is 35.8 Å². The van der Waals surface area contributed by atoms with Gasteiger partial charge < -0.3 is 25.2 Å². The lowest BCUT2D eigenvalue weighted by molar-refractivity contribution is -0.862. The van der Waals surface area contributed by atoms with Crippen LogP contribution in [-0.4, -0.2) is 63.0 Å². The number of methoxy groups -OCH3 is 1. The van der Waals surface area contributed by atoms with Crippen molar-refractivity contribution in [2.75, 3.05) is 51.0 Å². The van der Waals surface area contributed by atoms with Crippen molar-refractivity contribution >= 4 is 29.1 Å². The summed E-state index contributed by atoms with van der Waals surface area (Å²) >= 11 is 0. The van der Waals surface area contributed by atoms with Crippen LogP contribution < -0.4 is 20.3 Å². The first-order valence-electron chi connectivity index (χ1n) is 10.3. The van der Waals surface area contributed by atoms with Crippen LogP contribution in [0, 0.1) is 0 Å². The summed E-state index contributed by atoms with van der Waals surface area (Å²) in [6.45, 7) is 5.63. The summed E-state index contributed by atoms with van der Waals surface area (Å²) in [5.41, 5.74) is 1.73. The smallest absolute Gasteiger partial charge is 0.279 e. The van der Waals surface area contributed by atoms with Gasteiger partial charge in [-0.3, -0.25) is 14.4 Å². The number of nitrogens with one attached hydrogen (secondary N) is 3. The number of carbonyl (C=O) groups is 3. The zero-order valence-corrected chi connectivity index (χ0v) is 18.5. The van der Waals surface area contributed by atoms with Gasteiger partial charge in [-0.15, -0.1) is 0 Å². The minimum Gasteiger partial charge on any atom is -0.497 e. The van der Waals surface area contributed by atoms with Gasteiger partial charge in [0.1, 0.15) is 5.75 Å². The van der Waals surface area contributed by atoms with Gasteiger partial charge in [-0.1, -0.05) is 0 Å². The monoisotopic (exact) mass is 427 g/mol. The maximum Gasteiger partial charge on any atom is 0.279 e. The van der Waals surface area contributed by atoms with Crippen LogP contribution in [0.5, 0.6) is 5.75 Å². The fraction of sp³-hybridized carbons (Fsp3) is 0.348. The molecule has 0 saturated heterocycles. The van der Waals surface area contributed by atoms with Gasteiger partial charge in [0.05, 0.1) is 14.2 Å². The predicted molar refractivity (Wildman–Crippen MR) is 121 cm³/mol. The Labute approximate surface area is 183 Å². The Bertz CT molecular complexity index is 877. The lowest BCUT2D eigenvalue weighted by atomic mass is 10.2. The van der Waals surface area contributed by atoms with Crippen LogP contribution in [0.15, 0.2) is 48.5 Å². The first-order valence-corrected chi connectivity index (χ1v) is 10.3. The van der Waals surface area contributed by atoms with Gasteiger partial charge >= 0.3 is 0 Å². The van der Waals surface area contributed by atoms with Gasteiger partial charge in [0.25, 0.3) is 17.7 Å². The Morgan fingerprint density at radius 2 is 1.42 bits per heavy atom. The highest BCUT2D eigenvalue weighted by molar-refractivity contribution is 6.04. The van der Waals surface area contributed by atoms with E-state index in [-0.39, 0.29) is 30.8 Å². The molecule has 1 unspecified atom stereocenters. The van der Waals surface area contributed by atoms with Crippen molar-refractivity contribution < 1.29 is 24.0 Å². The summed E-state index contributed by atoms with van der Waals surface area (Å²) in [6.07, 6.45) is 0. The Hall–Kier alpha value is -3.39. The number of anilines is 2. The topological polar surface area (TPSA) is 92.2 Å². The SMILES string of the molecule is CCN(CC)C(=O)C[NH+](C)CC(=O)Nc1ccc(C(=O)Nc2ccc(OC)cc2)cc1. The molecule has 0 aromatic heterocycles. The summed E-state index contributed by atoms with van der Waals surface area (Å²) in [5.74, 6) is 0.299. The Morgan fingerprint density at radius 1 is 0.871 bits per heavy atom. The van der Waals surface area contributed by atoms with Crippen molar-refractivity contribution in [2.45, 2.75) is 13.8 Å². The molecule has 0 saturated carbocycles. The molecule has 166 valence electrons. The average molecular weight is 428 g/mol. The molecule has 0 heterocycles. The van der Waals surface area contributed by atoms with Crippen LogP contribution in [0.25, 0.3) is 0 Å². The van der Waals surface area contributed by atoms with Crippen molar-refractivity contribution in [3.8, 4) is 5.75 Å². The number of quaternary nitrogens is 1. The van der Waals surface area contributed by atoms with Gasteiger partial charge in [0.15, 0.2) is 13.1 Å². The second-order valence-electron chi connectivity index (χ2n) is 7.18. The van der Waals surface area contributed by atoms with E-state index in [4.69, 9.17) is 4.74 Å². The summed E-state index contributed by atoms with van der Waals surface area (Å²) < 4.78 is 5.10. The van der Waals surface area contributed by atoms with Crippen LogP contribution in [-0.2, 0) is 9.59 Å². The number of likely N-dealkylation sites (N-methyl/N-ethyl adjacent to an activating group) is 2. The third kappa shape index (κ3) is 7.42. The number of carbonyl (C=O) groups excluding carboxylic acids is 3. The molecule has 2 rings (SSSR count). The predicted octanol–water partition coefficient (Wildman–Crippen LogP) is 1.27. The first kappa shape index (κ1) is 23.9. The number of ether oxygens (including phenoxy) is 1. The summed E-state index contributed by atoms with van der Waals surface area (Å²) in [5, 5.41) is 5.61. The molecule has 0 aliphatic carbocycles. The number of amides is 3. The van der Waals surface area contributed by atoms with Crippen LogP contribution in [0.4, 0.5) is 11.4 Å². The molecule has 31 heavy (non-hydrogen) atoms. The van der Waals surface area contributed by atoms with E-state index in [1.807, 2.05) is 20.9 Å². The molecule has 0 aliphatic rings. The lowest BCUT2D eigenvalue weighted by Crippen LogP contribution is -3.11. The normalized spacial score (nSPS) is 11.4. The summed E-state index contributed by atoms with van der Waals surface area (Å²) in [6, 6.07) is 13.7. The lowest BCUT2D eigenvalue weighted by Gasteiger charge is -2.20. The third-order valence-electron chi connectivity index (χ3n) is 4.81. The molecule has 0 aliphatic heterocycles. The molecule has 1 atom stereocenters. The molecule has 0 bridgehead atoms. The summed E-state index contributed by atoms with van der Waals surface area (Å²) in [4.78, 5) is 39.4. The van der Waals surface area contributed by atoms with Crippen LogP contribution in [0.1, 0.15) is 24.2 Å². The molecule has 3 amide bonds. The van der Waals surface area contributed by atoms with Crippen molar-refractivity contribution in [1.82, 2.24) is 4.90 Å². The van der Waals surface area contributed by atoms with Gasteiger partial charge in [-0.05, 0) is 62.4 Å². The van der Waals surface area contributed by atoms with Gasteiger partial charge in [-0.25, -0.2) is 0 Å². The Morgan fingerprint density at radius 3 is 1.97 bits per heavy atom. The maximum absolute atomic E-state index is 12.4. The molecule has 0 radical (unpaired) electrons. The fourth-order valence-corrected chi connectivity index (χ4v) is 3.07. The van der Waals surface area contributed by atoms with Crippen LogP contribution >= 0.6 is 0 Å². The Balaban J connectivity index is 1.85. The summed E-state index contributed by atoms with van der Waals surface area (Å²) in [7, 11) is 3.40. The molecule has 2 aromatic rings. The number of rotatable bonds is 10. The van der Waals surface area contributed by atoms with Crippen LogP contribution in [0.3, 0.4) is 0 Å². The zero-order chi connectivity index (χ0) is 22.8. The average Bonchev–Trinajstić information content (AvgIpc) is 2.75. The molecular formula is C23H31N4O4+. The van der Waals surface area contributed by atoms with E-state index >= 15 is 0 Å². The molecule has 8 heteroatoms. The highest BCUT2D eigenvalue weighted by Gasteiger charge is 2.18. The minimum absolute atomic E-state index is 0.0301. The van der Waals surface area contributed by atoms with Gasteiger partial charge in [0.2, 0.25) is 0 Å². The second-order valence-corrected chi connectivity index (χ2v) is 7.18. The quantitative estimate of drug-likeness (QED) is 0.533. The number of hydrogen-bond donors (Lipinski definition) is 3. The standard InChI is InChI=1S/C23H30N4O4/c1-5-27(6-2)22(29)16-26(3)15-21(28)24-18-9-7-17(8-10-18)23(30)25-19-11-13-20(31-4)14-12-19/h7-14H,5-6,15-16H2,1-4H3,(H,24,28)(H,25,30)/p+1. The van der Waals surface area contributed by atoms with Crippen molar-refractivity contribution in [2.24, 2.45) is 0 Å².